The average molecular weight is 601 g/mol. The molecular weight excluding hydrogens is 544 g/mol. The summed E-state index contributed by atoms with van der Waals surface area (Å²) in [6.45, 7) is 14.1. The van der Waals surface area contributed by atoms with Crippen LogP contribution in [0, 0.1) is 17.3 Å². The molecule has 244 valence electrons. The molecule has 2 aliphatic rings. The van der Waals surface area contributed by atoms with Crippen LogP contribution in [-0.4, -0.2) is 121 Å². The van der Waals surface area contributed by atoms with Gasteiger partial charge in [0.05, 0.1) is 17.8 Å². The summed E-state index contributed by atoms with van der Waals surface area (Å²) in [4.78, 5) is 43.0. The number of ketones is 1. The third-order valence-corrected chi connectivity index (χ3v) is 9.04. The number of aliphatic hydroxyl groups is 1. The Morgan fingerprint density at radius 1 is 1.17 bits per heavy atom. The predicted molar refractivity (Wildman–Crippen MR) is 158 cm³/mol. The number of hydrogen-bond acceptors (Lipinski definition) is 10. The van der Waals surface area contributed by atoms with Crippen molar-refractivity contribution in [2.24, 2.45) is 17.3 Å². The van der Waals surface area contributed by atoms with Gasteiger partial charge in [-0.3, -0.25) is 19.3 Å². The molecular formula is C31H56N2O9. The van der Waals surface area contributed by atoms with E-state index in [1.165, 1.54) is 0 Å². The maximum absolute atomic E-state index is 14.1. The molecule has 11 heteroatoms. The van der Waals surface area contributed by atoms with Gasteiger partial charge in [-0.1, -0.05) is 20.8 Å². The number of nitrogens with zero attached hydrogens (tertiary/aromatic N) is 2. The maximum Gasteiger partial charge on any atom is 0.319 e. The molecule has 2 rings (SSSR count). The van der Waals surface area contributed by atoms with Crippen LogP contribution >= 0.6 is 0 Å². The van der Waals surface area contributed by atoms with Crippen molar-refractivity contribution in [3.63, 3.8) is 0 Å². The third kappa shape index (κ3) is 8.95. The first-order chi connectivity index (χ1) is 19.5. The molecule has 2 heterocycles. The molecule has 2 fully saturated rings. The number of likely N-dealkylation sites (N-methyl/N-ethyl adjacent to an activating group) is 1. The fraction of sp³-hybridized carbons (Fsp3) is 0.903. The van der Waals surface area contributed by atoms with Crippen LogP contribution < -0.4 is 0 Å². The summed E-state index contributed by atoms with van der Waals surface area (Å²) >= 11 is 0. The number of cyclic esters (lactones) is 1. The van der Waals surface area contributed by atoms with Crippen molar-refractivity contribution in [2.45, 2.75) is 123 Å². The molecule has 11 nitrogen and oxygen atoms in total. The highest BCUT2D eigenvalue weighted by Gasteiger charge is 2.51. The first kappa shape index (κ1) is 36.6. The van der Waals surface area contributed by atoms with Crippen LogP contribution in [0.2, 0.25) is 0 Å². The first-order valence-electron chi connectivity index (χ1n) is 15.4. The van der Waals surface area contributed by atoms with E-state index < -0.39 is 47.4 Å². The van der Waals surface area contributed by atoms with Crippen molar-refractivity contribution in [2.75, 3.05) is 40.9 Å². The number of rotatable bonds is 9. The fourth-order valence-electron chi connectivity index (χ4n) is 6.59. The summed E-state index contributed by atoms with van der Waals surface area (Å²) in [7, 11) is 5.38. The lowest BCUT2D eigenvalue weighted by Gasteiger charge is -2.47. The highest BCUT2D eigenvalue weighted by Crippen LogP contribution is 2.38. The standard InChI is InChI=1S/C31H56N2O9/c1-11-14-33-17-19(2)16-31(7,39-10)27(42-28-25(36)23(32(8)9)15-20(3)41-28)21(4)26(37)30(5,6)29(38)40-18-22(33)12-13-24(34)35/h19-23,25,27-28,36H,11-18H2,1-10H3,(H,34,35)/t19-,20-,21+,22-,23+,25-,27-,28+,31-/m1/s1. The summed E-state index contributed by atoms with van der Waals surface area (Å²) in [5, 5.41) is 20.6. The van der Waals surface area contributed by atoms with Crippen molar-refractivity contribution in [3.8, 4) is 0 Å². The lowest BCUT2D eigenvalue weighted by molar-refractivity contribution is -0.295. The molecule has 0 aromatic carbocycles. The van der Waals surface area contributed by atoms with Crippen molar-refractivity contribution >= 4 is 17.7 Å². The smallest absolute Gasteiger partial charge is 0.319 e. The Bertz CT molecular complexity index is 913. The van der Waals surface area contributed by atoms with Gasteiger partial charge in [-0.2, -0.15) is 0 Å². The highest BCUT2D eigenvalue weighted by atomic mass is 16.7. The summed E-state index contributed by atoms with van der Waals surface area (Å²) < 4.78 is 24.6. The Kier molecular flexibility index (Phi) is 13.4. The molecule has 2 N–H and O–H groups in total. The Balaban J connectivity index is 2.56. The molecule has 0 spiro atoms. The van der Waals surface area contributed by atoms with Gasteiger partial charge in [0.2, 0.25) is 0 Å². The van der Waals surface area contributed by atoms with E-state index in [2.05, 4.69) is 18.7 Å². The van der Waals surface area contributed by atoms with Crippen molar-refractivity contribution < 1.29 is 43.5 Å². The first-order valence-corrected chi connectivity index (χ1v) is 15.4. The van der Waals surface area contributed by atoms with Gasteiger partial charge in [0.25, 0.3) is 0 Å². The number of Topliss-reactive ketones (excluding diaryl/α,β-unsaturated/α-hetero) is 1. The molecule has 0 unspecified atom stereocenters. The second-order valence-corrected chi connectivity index (χ2v) is 13.4. The summed E-state index contributed by atoms with van der Waals surface area (Å²) in [5.74, 6) is -2.73. The molecule has 42 heavy (non-hydrogen) atoms. The average Bonchev–Trinajstić information content (AvgIpc) is 2.91. The van der Waals surface area contributed by atoms with Crippen molar-refractivity contribution in [1.82, 2.24) is 9.80 Å². The monoisotopic (exact) mass is 600 g/mol. The predicted octanol–water partition coefficient (Wildman–Crippen LogP) is 2.96. The van der Waals surface area contributed by atoms with Gasteiger partial charge in [-0.05, 0) is 79.9 Å². The van der Waals surface area contributed by atoms with E-state index in [4.69, 9.17) is 18.9 Å². The minimum Gasteiger partial charge on any atom is -0.481 e. The third-order valence-electron chi connectivity index (χ3n) is 9.04. The number of aliphatic hydroxyl groups excluding tert-OH is 1. The molecule has 0 saturated carbocycles. The van der Waals surface area contributed by atoms with Crippen LogP contribution in [0.15, 0.2) is 0 Å². The van der Waals surface area contributed by atoms with Gasteiger partial charge in [-0.15, -0.1) is 0 Å². The normalized spacial score (nSPS) is 37.4. The van der Waals surface area contributed by atoms with Gasteiger partial charge in [0.15, 0.2) is 12.1 Å². The number of methoxy groups -OCH3 is 1. The van der Waals surface area contributed by atoms with Gasteiger partial charge in [0, 0.05) is 38.1 Å². The van der Waals surface area contributed by atoms with E-state index in [9.17, 15) is 24.6 Å². The van der Waals surface area contributed by atoms with Gasteiger partial charge in [-0.25, -0.2) is 0 Å². The maximum atomic E-state index is 14.1. The summed E-state index contributed by atoms with van der Waals surface area (Å²) in [6, 6.07) is -0.517. The van der Waals surface area contributed by atoms with Crippen LogP contribution in [0.5, 0.6) is 0 Å². The van der Waals surface area contributed by atoms with Crippen LogP contribution in [-0.2, 0) is 33.3 Å². The number of carboxylic acids is 1. The van der Waals surface area contributed by atoms with Crippen molar-refractivity contribution in [1.29, 1.82) is 0 Å². The zero-order valence-corrected chi connectivity index (χ0v) is 27.4. The Hall–Kier alpha value is -1.63. The molecule has 2 aliphatic heterocycles. The molecule has 0 radical (unpaired) electrons. The highest BCUT2D eigenvalue weighted by molar-refractivity contribution is 6.04. The number of ether oxygens (including phenoxy) is 4. The SMILES string of the molecule is CCCN1C[C@H](C)C[C@@](C)(OC)[C@H](O[C@@H]2O[C@H](C)C[C@H](N(C)C)[C@H]2O)[C@@H](C)C(=O)C(C)(C)C(=O)OC[C@H]1CCC(=O)O. The quantitative estimate of drug-likeness (QED) is 0.299. The number of carbonyl (C=O) groups is 3. The number of carboxylic acid groups (broad SMARTS) is 1. The number of carbonyl (C=O) groups excluding carboxylic acids is 2. The van der Waals surface area contributed by atoms with E-state index in [0.717, 1.165) is 6.42 Å². The van der Waals surface area contributed by atoms with Gasteiger partial charge in [0.1, 0.15) is 18.1 Å². The zero-order valence-electron chi connectivity index (χ0n) is 27.4. The second kappa shape index (κ2) is 15.4. The summed E-state index contributed by atoms with van der Waals surface area (Å²) in [5.41, 5.74) is -2.50. The lowest BCUT2D eigenvalue weighted by Crippen LogP contribution is -2.59. The zero-order chi connectivity index (χ0) is 32.0. The topological polar surface area (TPSA) is 135 Å². The number of esters is 1. The number of aliphatic carboxylic acids is 1. The molecule has 2 saturated heterocycles. The summed E-state index contributed by atoms with van der Waals surface area (Å²) in [6.07, 6.45) is -0.794. The van der Waals surface area contributed by atoms with E-state index >= 15 is 0 Å². The Morgan fingerprint density at radius 3 is 2.36 bits per heavy atom. The molecule has 0 aromatic rings. The molecule has 0 aliphatic carbocycles. The molecule has 0 amide bonds. The van der Waals surface area contributed by atoms with Gasteiger partial charge >= 0.3 is 11.9 Å². The van der Waals surface area contributed by atoms with Crippen LogP contribution in [0.25, 0.3) is 0 Å². The molecule has 0 aromatic heterocycles. The van der Waals surface area contributed by atoms with Gasteiger partial charge < -0.3 is 34.1 Å². The Morgan fingerprint density at radius 2 is 1.81 bits per heavy atom. The van der Waals surface area contributed by atoms with E-state index in [1.54, 1.807) is 27.9 Å². The largest absolute Gasteiger partial charge is 0.481 e. The second-order valence-electron chi connectivity index (χ2n) is 13.4. The molecule has 9 atom stereocenters. The van der Waals surface area contributed by atoms with Crippen LogP contribution in [0.1, 0.15) is 80.6 Å². The van der Waals surface area contributed by atoms with Crippen molar-refractivity contribution in [3.05, 3.63) is 0 Å². The van der Waals surface area contributed by atoms with E-state index in [0.29, 0.717) is 32.4 Å². The lowest BCUT2D eigenvalue weighted by atomic mass is 9.74. The number of hydrogen-bond donors (Lipinski definition) is 2. The van der Waals surface area contributed by atoms with E-state index in [-0.39, 0.29) is 42.9 Å². The molecule has 0 bridgehead atoms. The van der Waals surface area contributed by atoms with E-state index in [1.807, 2.05) is 32.8 Å². The van der Waals surface area contributed by atoms with Crippen LogP contribution in [0.3, 0.4) is 0 Å². The van der Waals surface area contributed by atoms with Crippen LogP contribution in [0.4, 0.5) is 0 Å². The Labute approximate surface area is 252 Å². The fourth-order valence-corrected chi connectivity index (χ4v) is 6.59. The minimum absolute atomic E-state index is 0.00266. The minimum atomic E-state index is -1.51.